The van der Waals surface area contributed by atoms with Crippen LogP contribution in [-0.2, 0) is 10.0 Å². The first-order chi connectivity index (χ1) is 12.8. The second kappa shape index (κ2) is 8.43. The van der Waals surface area contributed by atoms with Gasteiger partial charge in [-0.05, 0) is 30.9 Å². The van der Waals surface area contributed by atoms with Gasteiger partial charge in [0.1, 0.15) is 5.82 Å². The van der Waals surface area contributed by atoms with E-state index in [2.05, 4.69) is 5.32 Å². The third-order valence-corrected chi connectivity index (χ3v) is 6.65. The van der Waals surface area contributed by atoms with E-state index in [0.29, 0.717) is 57.4 Å². The number of nitrogens with one attached hydrogen (secondary N) is 1. The Morgan fingerprint density at radius 2 is 1.74 bits per heavy atom. The van der Waals surface area contributed by atoms with Crippen LogP contribution >= 0.6 is 0 Å². The molecule has 1 aromatic carbocycles. The van der Waals surface area contributed by atoms with Crippen LogP contribution in [0.2, 0.25) is 0 Å². The van der Waals surface area contributed by atoms with Gasteiger partial charge in [-0.1, -0.05) is 12.1 Å². The molecule has 7 nitrogen and oxygen atoms in total. The normalized spacial score (nSPS) is 19.9. The third kappa shape index (κ3) is 5.10. The fourth-order valence-corrected chi connectivity index (χ4v) is 4.52. The summed E-state index contributed by atoms with van der Waals surface area (Å²) in [5.41, 5.74) is 0.579. The van der Waals surface area contributed by atoms with E-state index in [4.69, 9.17) is 0 Å². The fraction of sp³-hybridized carbons (Fsp3) is 0.611. The monoisotopic (exact) mass is 398 g/mol. The number of anilines is 1. The largest absolute Gasteiger partial charge is 0.366 e. The highest BCUT2D eigenvalue weighted by atomic mass is 32.2. The number of piperazine rings is 1. The average Bonchev–Trinajstić information content (AvgIpc) is 2.66. The van der Waals surface area contributed by atoms with Crippen molar-refractivity contribution in [3.63, 3.8) is 0 Å². The van der Waals surface area contributed by atoms with Gasteiger partial charge in [0.05, 0.1) is 11.9 Å². The summed E-state index contributed by atoms with van der Waals surface area (Å²) in [6, 6.07) is 6.58. The third-order valence-electron chi connectivity index (χ3n) is 5.34. The summed E-state index contributed by atoms with van der Waals surface area (Å²) in [5, 5.41) is 2.97. The minimum Gasteiger partial charge on any atom is -0.366 e. The summed E-state index contributed by atoms with van der Waals surface area (Å²) in [5.74, 6) is 0.0579. The number of sulfonamides is 1. The minimum atomic E-state index is -3.12. The van der Waals surface area contributed by atoms with Crippen LogP contribution in [0.15, 0.2) is 24.3 Å². The number of carbonyl (C=O) groups excluding carboxylic acids is 1. The van der Waals surface area contributed by atoms with Gasteiger partial charge in [-0.2, -0.15) is 0 Å². The predicted octanol–water partition coefficient (Wildman–Crippen LogP) is 1.33. The number of piperidine rings is 1. The lowest BCUT2D eigenvalue weighted by molar-refractivity contribution is 0.188. The van der Waals surface area contributed by atoms with Crippen LogP contribution in [-0.4, -0.2) is 75.7 Å². The smallest absolute Gasteiger partial charge is 0.317 e. The SMILES string of the molecule is CS(=O)(=O)N1CCC(CNC(=O)N2CCN(c3ccccc3F)CC2)CC1. The van der Waals surface area contributed by atoms with E-state index in [9.17, 15) is 17.6 Å². The molecule has 9 heteroatoms. The van der Waals surface area contributed by atoms with Crippen LogP contribution in [0.3, 0.4) is 0 Å². The zero-order chi connectivity index (χ0) is 19.4. The lowest BCUT2D eigenvalue weighted by atomic mass is 9.98. The van der Waals surface area contributed by atoms with Crippen LogP contribution < -0.4 is 10.2 Å². The molecule has 27 heavy (non-hydrogen) atoms. The van der Waals surface area contributed by atoms with E-state index in [1.165, 1.54) is 16.6 Å². The van der Waals surface area contributed by atoms with Gasteiger partial charge in [-0.15, -0.1) is 0 Å². The summed E-state index contributed by atoms with van der Waals surface area (Å²) in [6.07, 6.45) is 2.75. The van der Waals surface area contributed by atoms with E-state index in [1.807, 2.05) is 11.0 Å². The van der Waals surface area contributed by atoms with Crippen molar-refractivity contribution in [2.75, 3.05) is 57.0 Å². The molecule has 0 radical (unpaired) electrons. The number of rotatable bonds is 4. The van der Waals surface area contributed by atoms with Gasteiger partial charge in [0, 0.05) is 45.8 Å². The highest BCUT2D eigenvalue weighted by molar-refractivity contribution is 7.88. The molecule has 0 aromatic heterocycles. The summed E-state index contributed by atoms with van der Waals surface area (Å²) in [7, 11) is -3.12. The van der Waals surface area contributed by atoms with Gasteiger partial charge in [0.15, 0.2) is 0 Å². The number of amides is 2. The zero-order valence-electron chi connectivity index (χ0n) is 15.6. The van der Waals surface area contributed by atoms with Crippen molar-refractivity contribution in [1.29, 1.82) is 0 Å². The number of carbonyl (C=O) groups is 1. The molecule has 2 amide bonds. The molecule has 2 fully saturated rings. The van der Waals surface area contributed by atoms with Crippen LogP contribution in [0, 0.1) is 11.7 Å². The van der Waals surface area contributed by atoms with Crippen molar-refractivity contribution in [2.45, 2.75) is 12.8 Å². The Balaban J connectivity index is 1.41. The Bertz CT molecular complexity index is 758. The molecule has 0 saturated carbocycles. The maximum Gasteiger partial charge on any atom is 0.317 e. The van der Waals surface area contributed by atoms with Crippen LogP contribution in [0.5, 0.6) is 0 Å². The molecule has 0 aliphatic carbocycles. The molecule has 0 spiro atoms. The number of para-hydroxylation sites is 1. The molecule has 1 aromatic rings. The molecular formula is C18H27FN4O3S. The Labute approximate surface area is 160 Å². The Morgan fingerprint density at radius 3 is 2.33 bits per heavy atom. The van der Waals surface area contributed by atoms with E-state index < -0.39 is 10.0 Å². The molecule has 2 saturated heterocycles. The van der Waals surface area contributed by atoms with E-state index in [0.717, 1.165) is 12.8 Å². The second-order valence-electron chi connectivity index (χ2n) is 7.22. The Morgan fingerprint density at radius 1 is 1.11 bits per heavy atom. The molecule has 2 aliphatic rings. The number of benzene rings is 1. The minimum absolute atomic E-state index is 0.103. The molecule has 0 bridgehead atoms. The zero-order valence-corrected chi connectivity index (χ0v) is 16.4. The Kier molecular flexibility index (Phi) is 6.21. The maximum atomic E-state index is 13.9. The van der Waals surface area contributed by atoms with Gasteiger partial charge in [-0.3, -0.25) is 0 Å². The summed E-state index contributed by atoms with van der Waals surface area (Å²) < 4.78 is 38.5. The standard InChI is InChI=1S/C18H27FN4O3S/c1-27(25,26)23-8-6-15(7-9-23)14-20-18(24)22-12-10-21(11-13-22)17-5-3-2-4-16(17)19/h2-5,15H,6-14H2,1H3,(H,20,24). The van der Waals surface area contributed by atoms with Crippen molar-refractivity contribution in [3.8, 4) is 0 Å². The predicted molar refractivity (Wildman–Crippen MR) is 103 cm³/mol. The van der Waals surface area contributed by atoms with Gasteiger partial charge in [0.25, 0.3) is 0 Å². The molecule has 3 rings (SSSR count). The van der Waals surface area contributed by atoms with Gasteiger partial charge >= 0.3 is 6.03 Å². The fourth-order valence-electron chi connectivity index (χ4n) is 3.65. The van der Waals surface area contributed by atoms with Crippen molar-refractivity contribution < 1.29 is 17.6 Å². The number of hydrogen-bond donors (Lipinski definition) is 1. The first-order valence-electron chi connectivity index (χ1n) is 9.32. The van der Waals surface area contributed by atoms with Gasteiger partial charge in [0.2, 0.25) is 10.0 Å². The van der Waals surface area contributed by atoms with Crippen molar-refractivity contribution in [3.05, 3.63) is 30.1 Å². The summed E-state index contributed by atoms with van der Waals surface area (Å²) in [4.78, 5) is 16.1. The molecule has 2 aliphatic heterocycles. The van der Waals surface area contributed by atoms with Gasteiger partial charge < -0.3 is 15.1 Å². The molecule has 150 valence electrons. The maximum absolute atomic E-state index is 13.9. The van der Waals surface area contributed by atoms with Crippen molar-refractivity contribution in [2.24, 2.45) is 5.92 Å². The first kappa shape index (κ1) is 19.9. The van der Waals surface area contributed by atoms with Crippen LogP contribution in [0.4, 0.5) is 14.9 Å². The average molecular weight is 399 g/mol. The summed E-state index contributed by atoms with van der Waals surface area (Å²) >= 11 is 0. The molecule has 0 atom stereocenters. The van der Waals surface area contributed by atoms with E-state index in [-0.39, 0.29) is 11.8 Å². The van der Waals surface area contributed by atoms with Gasteiger partial charge in [-0.25, -0.2) is 21.9 Å². The molecule has 0 unspecified atom stereocenters. The Hall–Kier alpha value is -1.87. The molecule has 1 N–H and O–H groups in total. The lowest BCUT2D eigenvalue weighted by Gasteiger charge is -2.36. The number of nitrogens with zero attached hydrogens (tertiary/aromatic N) is 3. The highest BCUT2D eigenvalue weighted by Gasteiger charge is 2.26. The van der Waals surface area contributed by atoms with E-state index in [1.54, 1.807) is 17.0 Å². The van der Waals surface area contributed by atoms with Crippen LogP contribution in [0.25, 0.3) is 0 Å². The van der Waals surface area contributed by atoms with Crippen molar-refractivity contribution in [1.82, 2.24) is 14.5 Å². The molecule has 2 heterocycles. The van der Waals surface area contributed by atoms with Crippen molar-refractivity contribution >= 4 is 21.7 Å². The number of hydrogen-bond acceptors (Lipinski definition) is 4. The first-order valence-corrected chi connectivity index (χ1v) is 11.2. The lowest BCUT2D eigenvalue weighted by Crippen LogP contribution is -2.53. The van der Waals surface area contributed by atoms with Crippen LogP contribution in [0.1, 0.15) is 12.8 Å². The highest BCUT2D eigenvalue weighted by Crippen LogP contribution is 2.21. The van der Waals surface area contributed by atoms with E-state index >= 15 is 0 Å². The molecular weight excluding hydrogens is 371 g/mol. The summed E-state index contributed by atoms with van der Waals surface area (Å²) in [6.45, 7) is 3.88. The number of urea groups is 1. The second-order valence-corrected chi connectivity index (χ2v) is 9.20. The number of halogens is 1. The topological polar surface area (TPSA) is 73.0 Å². The quantitative estimate of drug-likeness (QED) is 0.831.